The van der Waals surface area contributed by atoms with E-state index in [0.717, 1.165) is 26.2 Å². The van der Waals surface area contributed by atoms with Crippen molar-refractivity contribution in [2.24, 2.45) is 0 Å². The lowest BCUT2D eigenvalue weighted by Crippen LogP contribution is -3.15. The van der Waals surface area contributed by atoms with Gasteiger partial charge in [-0.3, -0.25) is 0 Å². The molecule has 2 aliphatic heterocycles. The largest absolute Gasteiger partial charge is 0.463 e. The average Bonchev–Trinajstić information content (AvgIpc) is 2.65. The fourth-order valence-electron chi connectivity index (χ4n) is 3.67. The van der Waals surface area contributed by atoms with Crippen molar-refractivity contribution in [2.75, 3.05) is 50.8 Å². The van der Waals surface area contributed by atoms with E-state index in [0.29, 0.717) is 24.4 Å². The molecule has 2 heterocycles. The number of ether oxygens (including phenoxy) is 1. The first-order valence-corrected chi connectivity index (χ1v) is 9.58. The number of aryl methyl sites for hydroxylation is 1. The van der Waals surface area contributed by atoms with E-state index in [1.807, 2.05) is 0 Å². The van der Waals surface area contributed by atoms with Crippen LogP contribution in [0.3, 0.4) is 0 Å². The number of esters is 1. The maximum absolute atomic E-state index is 12.2. The Balaban J connectivity index is 1.66. The molecule has 1 saturated heterocycles. The highest BCUT2D eigenvalue weighted by molar-refractivity contribution is 5.93. The molecule has 2 amide bonds. The maximum atomic E-state index is 12.2. The normalized spacial score (nSPS) is 18.2. The molecule has 146 valence electrons. The van der Waals surface area contributed by atoms with Crippen molar-refractivity contribution in [3.05, 3.63) is 40.6 Å². The Morgan fingerprint density at radius 2 is 2.00 bits per heavy atom. The molecule has 1 fully saturated rings. The third kappa shape index (κ3) is 4.42. The van der Waals surface area contributed by atoms with Crippen molar-refractivity contribution < 1.29 is 19.2 Å². The Hall–Kier alpha value is -2.54. The number of hydrogen-bond acceptors (Lipinski definition) is 4. The number of urea groups is 1. The smallest absolute Gasteiger partial charge is 0.337 e. The first-order chi connectivity index (χ1) is 13.0. The Labute approximate surface area is 160 Å². The minimum absolute atomic E-state index is 0.224. The van der Waals surface area contributed by atoms with Crippen molar-refractivity contribution in [1.29, 1.82) is 0 Å². The van der Waals surface area contributed by atoms with Gasteiger partial charge in [-0.15, -0.1) is 0 Å². The Morgan fingerprint density at radius 3 is 2.70 bits per heavy atom. The number of nitrogens with zero attached hydrogens (tertiary/aromatic N) is 1. The summed E-state index contributed by atoms with van der Waals surface area (Å²) >= 11 is 0. The molecule has 2 aliphatic rings. The Morgan fingerprint density at radius 1 is 1.26 bits per heavy atom. The number of benzene rings is 1. The van der Waals surface area contributed by atoms with Crippen molar-refractivity contribution in [3.63, 3.8) is 0 Å². The number of quaternary nitrogens is 1. The van der Waals surface area contributed by atoms with E-state index in [4.69, 9.17) is 4.74 Å². The second kappa shape index (κ2) is 8.43. The van der Waals surface area contributed by atoms with Crippen LogP contribution < -0.4 is 20.4 Å². The van der Waals surface area contributed by atoms with Crippen molar-refractivity contribution in [2.45, 2.75) is 20.8 Å². The minimum atomic E-state index is -0.353. The Bertz CT molecular complexity index is 752. The summed E-state index contributed by atoms with van der Waals surface area (Å²) in [7, 11) is 0. The van der Waals surface area contributed by atoms with E-state index in [-0.39, 0.29) is 18.5 Å². The predicted octanol–water partition coefficient (Wildman–Crippen LogP) is 0.138. The summed E-state index contributed by atoms with van der Waals surface area (Å²) in [6.07, 6.45) is 0. The molecule has 0 atom stereocenters. The fraction of sp³-hybridized carbons (Fsp3) is 0.500. The van der Waals surface area contributed by atoms with Gasteiger partial charge in [0.15, 0.2) is 0 Å². The van der Waals surface area contributed by atoms with Gasteiger partial charge in [-0.25, -0.2) is 9.59 Å². The summed E-state index contributed by atoms with van der Waals surface area (Å²) in [5.74, 6) is -0.353. The molecule has 1 aromatic rings. The van der Waals surface area contributed by atoms with Crippen LogP contribution in [0.4, 0.5) is 10.5 Å². The number of piperazine rings is 1. The van der Waals surface area contributed by atoms with Gasteiger partial charge < -0.3 is 25.2 Å². The van der Waals surface area contributed by atoms with Crippen molar-refractivity contribution in [3.8, 4) is 0 Å². The molecule has 0 aromatic heterocycles. The topological polar surface area (TPSA) is 75.1 Å². The highest BCUT2D eigenvalue weighted by atomic mass is 16.5. The molecule has 0 radical (unpaired) electrons. The number of anilines is 1. The van der Waals surface area contributed by atoms with Gasteiger partial charge in [0.05, 0.1) is 50.6 Å². The first kappa shape index (κ1) is 19.2. The molecule has 0 saturated carbocycles. The van der Waals surface area contributed by atoms with Gasteiger partial charge in [0, 0.05) is 5.69 Å². The zero-order valence-electron chi connectivity index (χ0n) is 16.4. The number of nitrogens with one attached hydrogen (secondary N) is 3. The van der Waals surface area contributed by atoms with Gasteiger partial charge in [0.25, 0.3) is 0 Å². The second-order valence-electron chi connectivity index (χ2n) is 7.12. The van der Waals surface area contributed by atoms with Crippen LogP contribution in [0.2, 0.25) is 0 Å². The van der Waals surface area contributed by atoms with E-state index >= 15 is 0 Å². The summed E-state index contributed by atoms with van der Waals surface area (Å²) in [6.45, 7) is 11.1. The van der Waals surface area contributed by atoms with Crippen LogP contribution in [0.25, 0.3) is 0 Å². The standard InChI is InChI=1S/C20H28N4O3/c1-4-27-19(25)16-12-21-20(26)22-17(16)13-23-8-10-24(11-9-23)18-7-5-6-14(2)15(18)3/h5-7H,4,8-13H2,1-3H3,(H2,21,22,26)/p+1. The Kier molecular flexibility index (Phi) is 6.01. The maximum Gasteiger partial charge on any atom is 0.337 e. The third-order valence-electron chi connectivity index (χ3n) is 5.39. The lowest BCUT2D eigenvalue weighted by molar-refractivity contribution is -0.896. The van der Waals surface area contributed by atoms with Crippen LogP contribution >= 0.6 is 0 Å². The molecule has 27 heavy (non-hydrogen) atoms. The number of carbonyl (C=O) groups excluding carboxylic acids is 2. The molecule has 7 heteroatoms. The summed E-state index contributed by atoms with van der Waals surface area (Å²) < 4.78 is 5.13. The van der Waals surface area contributed by atoms with Crippen LogP contribution in [-0.4, -0.2) is 57.9 Å². The molecule has 1 aromatic carbocycles. The van der Waals surface area contributed by atoms with Crippen LogP contribution in [-0.2, 0) is 9.53 Å². The van der Waals surface area contributed by atoms with E-state index in [1.54, 1.807) is 6.92 Å². The van der Waals surface area contributed by atoms with Crippen molar-refractivity contribution in [1.82, 2.24) is 10.6 Å². The second-order valence-corrected chi connectivity index (χ2v) is 7.12. The van der Waals surface area contributed by atoms with E-state index in [9.17, 15) is 9.59 Å². The molecule has 0 spiro atoms. The molecule has 0 bridgehead atoms. The van der Waals surface area contributed by atoms with Crippen LogP contribution in [0.5, 0.6) is 0 Å². The van der Waals surface area contributed by atoms with Gasteiger partial charge in [-0.1, -0.05) is 12.1 Å². The van der Waals surface area contributed by atoms with Gasteiger partial charge in [0.1, 0.15) is 6.54 Å². The number of hydrogen-bond donors (Lipinski definition) is 3. The quantitative estimate of drug-likeness (QED) is 0.642. The molecule has 7 nitrogen and oxygen atoms in total. The molecular formula is C20H29N4O3+. The van der Waals surface area contributed by atoms with E-state index in [2.05, 4.69) is 47.6 Å². The SMILES string of the molecule is CCOC(=O)C1=C(C[NH+]2CCN(c3cccc(C)c3C)CC2)NC(=O)NC1. The average molecular weight is 373 g/mol. The van der Waals surface area contributed by atoms with Crippen LogP contribution in [0.15, 0.2) is 29.5 Å². The summed E-state index contributed by atoms with van der Waals surface area (Å²) in [6, 6.07) is 6.18. The molecular weight excluding hydrogens is 344 g/mol. The minimum Gasteiger partial charge on any atom is -0.463 e. The van der Waals surface area contributed by atoms with Gasteiger partial charge >= 0.3 is 12.0 Å². The fourth-order valence-corrected chi connectivity index (χ4v) is 3.67. The first-order valence-electron chi connectivity index (χ1n) is 9.58. The lowest BCUT2D eigenvalue weighted by atomic mass is 10.1. The van der Waals surface area contributed by atoms with Gasteiger partial charge in [-0.05, 0) is 38.0 Å². The summed E-state index contributed by atoms with van der Waals surface area (Å²) in [5, 5.41) is 5.46. The summed E-state index contributed by atoms with van der Waals surface area (Å²) in [4.78, 5) is 27.7. The van der Waals surface area contributed by atoms with E-state index in [1.165, 1.54) is 21.7 Å². The van der Waals surface area contributed by atoms with Crippen LogP contribution in [0.1, 0.15) is 18.1 Å². The van der Waals surface area contributed by atoms with Gasteiger partial charge in [0.2, 0.25) is 0 Å². The van der Waals surface area contributed by atoms with Gasteiger partial charge in [-0.2, -0.15) is 0 Å². The summed E-state index contributed by atoms with van der Waals surface area (Å²) in [5.41, 5.74) is 5.16. The third-order valence-corrected chi connectivity index (χ3v) is 5.39. The number of carbonyl (C=O) groups is 2. The highest BCUT2D eigenvalue weighted by Gasteiger charge is 2.28. The van der Waals surface area contributed by atoms with E-state index < -0.39 is 0 Å². The lowest BCUT2D eigenvalue weighted by Gasteiger charge is -2.35. The van der Waals surface area contributed by atoms with Crippen molar-refractivity contribution >= 4 is 17.7 Å². The number of rotatable bonds is 5. The molecule has 0 unspecified atom stereocenters. The molecule has 3 rings (SSSR count). The number of amides is 2. The highest BCUT2D eigenvalue weighted by Crippen LogP contribution is 2.22. The molecule has 3 N–H and O–H groups in total. The van der Waals surface area contributed by atoms with Crippen LogP contribution in [0, 0.1) is 13.8 Å². The monoisotopic (exact) mass is 373 g/mol. The predicted molar refractivity (Wildman–Crippen MR) is 104 cm³/mol. The zero-order chi connectivity index (χ0) is 19.4. The molecule has 0 aliphatic carbocycles. The zero-order valence-corrected chi connectivity index (χ0v) is 16.4.